The van der Waals surface area contributed by atoms with Crippen LogP contribution in [-0.4, -0.2) is 25.7 Å². The third-order valence-corrected chi connectivity index (χ3v) is 2.87. The van der Waals surface area contributed by atoms with Crippen LogP contribution in [0.5, 0.6) is 0 Å². The van der Waals surface area contributed by atoms with Crippen LogP contribution in [0.2, 0.25) is 0 Å². The van der Waals surface area contributed by atoms with Crippen LogP contribution in [0.1, 0.15) is 10.4 Å². The van der Waals surface area contributed by atoms with Gasteiger partial charge in [-0.05, 0) is 12.1 Å². The van der Waals surface area contributed by atoms with Gasteiger partial charge in [-0.25, -0.2) is 17.6 Å². The van der Waals surface area contributed by atoms with Gasteiger partial charge in [-0.15, -0.1) is 0 Å². The van der Waals surface area contributed by atoms with E-state index < -0.39 is 32.1 Å². The molecule has 15 heavy (non-hydrogen) atoms. The van der Waals surface area contributed by atoms with Gasteiger partial charge in [0.15, 0.2) is 15.7 Å². The van der Waals surface area contributed by atoms with E-state index in [0.717, 1.165) is 18.4 Å². The average molecular weight is 233 g/mol. The van der Waals surface area contributed by atoms with Crippen molar-refractivity contribution >= 4 is 21.5 Å². The largest absolute Gasteiger partial charge is 0.478 e. The molecule has 0 radical (unpaired) electrons. The molecule has 0 aliphatic rings. The molecule has 0 atom stereocenters. The van der Waals surface area contributed by atoms with Gasteiger partial charge in [0.25, 0.3) is 0 Å². The topological polar surface area (TPSA) is 97.5 Å². The van der Waals surface area contributed by atoms with E-state index in [-0.39, 0.29) is 5.69 Å². The van der Waals surface area contributed by atoms with E-state index in [1.54, 1.807) is 0 Å². The van der Waals surface area contributed by atoms with Gasteiger partial charge in [-0.1, -0.05) is 0 Å². The molecule has 1 aromatic rings. The fourth-order valence-electron chi connectivity index (χ4n) is 1.08. The Bertz CT molecular complexity index is 524. The number of hydrogen-bond donors (Lipinski definition) is 2. The molecule has 0 unspecified atom stereocenters. The zero-order valence-corrected chi connectivity index (χ0v) is 8.51. The zero-order valence-electron chi connectivity index (χ0n) is 7.69. The van der Waals surface area contributed by atoms with E-state index in [2.05, 4.69) is 0 Å². The third kappa shape index (κ3) is 2.07. The van der Waals surface area contributed by atoms with Crippen molar-refractivity contribution in [2.45, 2.75) is 4.90 Å². The molecule has 0 aliphatic heterocycles. The predicted octanol–water partition coefficient (Wildman–Crippen LogP) is 0.510. The van der Waals surface area contributed by atoms with Crippen LogP contribution >= 0.6 is 0 Å². The number of nitrogens with two attached hydrogens (primary N) is 1. The fourth-order valence-corrected chi connectivity index (χ4v) is 1.82. The summed E-state index contributed by atoms with van der Waals surface area (Å²) >= 11 is 0. The molecule has 3 N–H and O–H groups in total. The number of nitrogen functional groups attached to an aromatic ring is 1. The highest BCUT2D eigenvalue weighted by Crippen LogP contribution is 2.23. The average Bonchev–Trinajstić information content (AvgIpc) is 2.00. The molecule has 0 amide bonds. The molecular formula is C8H8FNO4S. The zero-order chi connectivity index (χ0) is 11.8. The van der Waals surface area contributed by atoms with Crippen molar-refractivity contribution < 1.29 is 22.7 Å². The predicted molar refractivity (Wildman–Crippen MR) is 50.9 cm³/mol. The number of carboxylic acids is 1. The van der Waals surface area contributed by atoms with Crippen LogP contribution in [0.15, 0.2) is 17.0 Å². The van der Waals surface area contributed by atoms with Crippen molar-refractivity contribution in [2.24, 2.45) is 0 Å². The molecule has 1 aromatic carbocycles. The summed E-state index contributed by atoms with van der Waals surface area (Å²) in [6.07, 6.45) is 0.785. The van der Waals surface area contributed by atoms with Crippen molar-refractivity contribution in [1.29, 1.82) is 0 Å². The maximum atomic E-state index is 13.4. The Kier molecular flexibility index (Phi) is 2.67. The second-order valence-electron chi connectivity index (χ2n) is 2.92. The number of carbonyl (C=O) groups is 1. The lowest BCUT2D eigenvalue weighted by atomic mass is 10.2. The van der Waals surface area contributed by atoms with Crippen LogP contribution in [0.4, 0.5) is 10.1 Å². The van der Waals surface area contributed by atoms with Gasteiger partial charge in [0.2, 0.25) is 0 Å². The summed E-state index contributed by atoms with van der Waals surface area (Å²) in [5.41, 5.74) is 4.08. The van der Waals surface area contributed by atoms with E-state index in [1.807, 2.05) is 0 Å². The summed E-state index contributed by atoms with van der Waals surface area (Å²) < 4.78 is 35.6. The number of sulfone groups is 1. The Balaban J connectivity index is 3.64. The van der Waals surface area contributed by atoms with Crippen LogP contribution < -0.4 is 5.73 Å². The van der Waals surface area contributed by atoms with Gasteiger partial charge < -0.3 is 10.8 Å². The first kappa shape index (κ1) is 11.4. The second kappa shape index (κ2) is 3.50. The number of benzene rings is 1. The summed E-state index contributed by atoms with van der Waals surface area (Å²) in [6.45, 7) is 0. The van der Waals surface area contributed by atoms with Gasteiger partial charge in [0.1, 0.15) is 10.5 Å². The van der Waals surface area contributed by atoms with E-state index in [0.29, 0.717) is 0 Å². The second-order valence-corrected chi connectivity index (χ2v) is 4.90. The highest BCUT2D eigenvalue weighted by atomic mass is 32.2. The lowest BCUT2D eigenvalue weighted by Gasteiger charge is -2.06. The molecule has 82 valence electrons. The third-order valence-electron chi connectivity index (χ3n) is 1.75. The van der Waals surface area contributed by atoms with E-state index in [1.165, 1.54) is 0 Å². The molecule has 0 spiro atoms. The van der Waals surface area contributed by atoms with Gasteiger partial charge in [-0.3, -0.25) is 0 Å². The van der Waals surface area contributed by atoms with Crippen LogP contribution in [0.3, 0.4) is 0 Å². The number of hydrogen-bond acceptors (Lipinski definition) is 4. The van der Waals surface area contributed by atoms with Crippen molar-refractivity contribution in [3.05, 3.63) is 23.5 Å². The van der Waals surface area contributed by atoms with Crippen LogP contribution in [-0.2, 0) is 9.84 Å². The molecule has 5 nitrogen and oxygen atoms in total. The van der Waals surface area contributed by atoms with Crippen molar-refractivity contribution in [3.63, 3.8) is 0 Å². The summed E-state index contributed by atoms with van der Waals surface area (Å²) in [6, 6.07) is 1.98. The van der Waals surface area contributed by atoms with Crippen LogP contribution in [0, 0.1) is 5.82 Å². The minimum Gasteiger partial charge on any atom is -0.478 e. The standard InChI is InChI=1S/C8H8FNO4S/c1-15(13,14)5-3-2-4(10)6(7(5)9)8(11)12/h2-3H,10H2,1H3,(H,11,12). The van der Waals surface area contributed by atoms with Gasteiger partial charge in [0.05, 0.1) is 0 Å². The minimum absolute atomic E-state index is 0.313. The molecule has 0 fully saturated rings. The first-order valence-electron chi connectivity index (χ1n) is 3.76. The first-order chi connectivity index (χ1) is 6.75. The monoisotopic (exact) mass is 233 g/mol. The highest BCUT2D eigenvalue weighted by Gasteiger charge is 2.22. The Hall–Kier alpha value is -1.63. The van der Waals surface area contributed by atoms with Gasteiger partial charge in [0, 0.05) is 11.9 Å². The number of aromatic carboxylic acids is 1. The van der Waals surface area contributed by atoms with E-state index in [9.17, 15) is 17.6 Å². The molecule has 0 heterocycles. The minimum atomic E-state index is -3.80. The van der Waals surface area contributed by atoms with Gasteiger partial charge in [-0.2, -0.15) is 0 Å². The molecule has 0 saturated heterocycles. The Morgan fingerprint density at radius 2 is 2.00 bits per heavy atom. The maximum absolute atomic E-state index is 13.4. The Labute approximate surface area is 85.2 Å². The summed E-state index contributed by atoms with van der Waals surface area (Å²) in [5, 5.41) is 8.62. The van der Waals surface area contributed by atoms with E-state index in [4.69, 9.17) is 10.8 Å². The fraction of sp³-hybridized carbons (Fsp3) is 0.125. The highest BCUT2D eigenvalue weighted by molar-refractivity contribution is 7.90. The quantitative estimate of drug-likeness (QED) is 0.725. The molecule has 0 aliphatic carbocycles. The van der Waals surface area contributed by atoms with E-state index >= 15 is 0 Å². The summed E-state index contributed by atoms with van der Waals surface area (Å²) in [5.74, 6) is -2.93. The summed E-state index contributed by atoms with van der Waals surface area (Å²) in [4.78, 5) is 9.93. The number of carboxylic acid groups (broad SMARTS) is 1. The van der Waals surface area contributed by atoms with Crippen LogP contribution in [0.25, 0.3) is 0 Å². The smallest absolute Gasteiger partial charge is 0.340 e. The molecule has 0 aromatic heterocycles. The molecule has 0 bridgehead atoms. The Morgan fingerprint density at radius 1 is 1.47 bits per heavy atom. The number of halogens is 1. The Morgan fingerprint density at radius 3 is 2.40 bits per heavy atom. The SMILES string of the molecule is CS(=O)(=O)c1ccc(N)c(C(=O)O)c1F. The lowest BCUT2D eigenvalue weighted by Crippen LogP contribution is -2.10. The number of anilines is 1. The van der Waals surface area contributed by atoms with Gasteiger partial charge >= 0.3 is 5.97 Å². The van der Waals surface area contributed by atoms with Crippen molar-refractivity contribution in [2.75, 3.05) is 12.0 Å². The molecule has 1 rings (SSSR count). The maximum Gasteiger partial charge on any atom is 0.340 e. The number of rotatable bonds is 2. The lowest BCUT2D eigenvalue weighted by molar-refractivity contribution is 0.0692. The molecule has 7 heteroatoms. The normalized spacial score (nSPS) is 11.3. The first-order valence-corrected chi connectivity index (χ1v) is 5.65. The van der Waals surface area contributed by atoms with Crippen molar-refractivity contribution in [1.82, 2.24) is 0 Å². The van der Waals surface area contributed by atoms with Crippen molar-refractivity contribution in [3.8, 4) is 0 Å². The molecule has 0 saturated carbocycles. The summed E-state index contributed by atoms with van der Waals surface area (Å²) in [7, 11) is -3.80. The molecular weight excluding hydrogens is 225 g/mol.